The molecule has 0 saturated carbocycles. The van der Waals surface area contributed by atoms with Gasteiger partial charge in [-0.2, -0.15) is 0 Å². The van der Waals surface area contributed by atoms with Crippen LogP contribution in [0.1, 0.15) is 31.9 Å². The van der Waals surface area contributed by atoms with Gasteiger partial charge in [0, 0.05) is 52.4 Å². The van der Waals surface area contributed by atoms with Crippen molar-refractivity contribution in [3.05, 3.63) is 24.2 Å². The summed E-state index contributed by atoms with van der Waals surface area (Å²) >= 11 is 0. The number of morpholine rings is 1. The van der Waals surface area contributed by atoms with E-state index in [1.54, 1.807) is 6.26 Å². The molecule has 8 heteroatoms. The van der Waals surface area contributed by atoms with Crippen LogP contribution in [-0.4, -0.2) is 75.7 Å². The SMILES string of the molecule is CCOCCCN=C(NCCc1ccco1)N1CCOC(C2CCCO2)C1.I. The van der Waals surface area contributed by atoms with Gasteiger partial charge in [0.1, 0.15) is 11.9 Å². The van der Waals surface area contributed by atoms with Crippen LogP contribution in [0.25, 0.3) is 0 Å². The third-order valence-electron chi connectivity index (χ3n) is 4.92. The minimum atomic E-state index is 0. The Morgan fingerprint density at radius 2 is 2.21 bits per heavy atom. The highest BCUT2D eigenvalue weighted by atomic mass is 127. The summed E-state index contributed by atoms with van der Waals surface area (Å²) in [7, 11) is 0. The smallest absolute Gasteiger partial charge is 0.194 e. The molecule has 2 fully saturated rings. The fraction of sp³-hybridized carbons (Fsp3) is 0.750. The number of furan rings is 1. The Morgan fingerprint density at radius 3 is 2.96 bits per heavy atom. The lowest BCUT2D eigenvalue weighted by atomic mass is 10.1. The minimum absolute atomic E-state index is 0. The third-order valence-corrected chi connectivity index (χ3v) is 4.92. The molecular weight excluding hydrogens is 473 g/mol. The summed E-state index contributed by atoms with van der Waals surface area (Å²) in [5.74, 6) is 1.93. The predicted octanol–water partition coefficient (Wildman–Crippen LogP) is 2.69. The van der Waals surface area contributed by atoms with E-state index >= 15 is 0 Å². The molecule has 7 nitrogen and oxygen atoms in total. The van der Waals surface area contributed by atoms with Gasteiger partial charge in [0.2, 0.25) is 0 Å². The lowest BCUT2D eigenvalue weighted by Crippen LogP contribution is -2.53. The largest absolute Gasteiger partial charge is 0.469 e. The first-order valence-electron chi connectivity index (χ1n) is 10.2. The molecule has 3 rings (SSSR count). The molecule has 2 aliphatic rings. The van der Waals surface area contributed by atoms with Crippen LogP contribution in [0.4, 0.5) is 0 Å². The van der Waals surface area contributed by atoms with E-state index in [1.165, 1.54) is 0 Å². The second-order valence-electron chi connectivity index (χ2n) is 6.92. The molecule has 0 aliphatic carbocycles. The maximum Gasteiger partial charge on any atom is 0.194 e. The van der Waals surface area contributed by atoms with E-state index in [0.717, 1.165) is 83.4 Å². The molecule has 0 aromatic carbocycles. The van der Waals surface area contributed by atoms with Gasteiger partial charge in [-0.3, -0.25) is 4.99 Å². The predicted molar refractivity (Wildman–Crippen MR) is 120 cm³/mol. The Kier molecular flexibility index (Phi) is 11.2. The number of halogens is 1. The van der Waals surface area contributed by atoms with Crippen molar-refractivity contribution in [2.24, 2.45) is 4.99 Å². The molecular formula is C20H34IN3O4. The summed E-state index contributed by atoms with van der Waals surface area (Å²) in [6, 6.07) is 3.93. The number of aliphatic imine (C=N–C) groups is 1. The Hall–Kier alpha value is -0.840. The van der Waals surface area contributed by atoms with Crippen LogP contribution >= 0.6 is 24.0 Å². The quantitative estimate of drug-likeness (QED) is 0.240. The van der Waals surface area contributed by atoms with Crippen LogP contribution in [0.3, 0.4) is 0 Å². The summed E-state index contributed by atoms with van der Waals surface area (Å²) < 4.78 is 22.7. The van der Waals surface area contributed by atoms with Crippen molar-refractivity contribution in [3.63, 3.8) is 0 Å². The average molecular weight is 507 g/mol. The topological polar surface area (TPSA) is 68.5 Å². The Labute approximate surface area is 185 Å². The van der Waals surface area contributed by atoms with E-state index < -0.39 is 0 Å². The number of nitrogens with zero attached hydrogens (tertiary/aromatic N) is 2. The summed E-state index contributed by atoms with van der Waals surface area (Å²) in [4.78, 5) is 7.13. The molecule has 2 atom stereocenters. The third kappa shape index (κ3) is 7.53. The Balaban J connectivity index is 0.00000280. The minimum Gasteiger partial charge on any atom is -0.469 e. The Morgan fingerprint density at radius 1 is 1.32 bits per heavy atom. The number of rotatable bonds is 9. The highest BCUT2D eigenvalue weighted by molar-refractivity contribution is 14.0. The standard InChI is InChI=1S/C20H33N3O4.HI/c1-2-24-12-5-9-21-20(22-10-8-17-6-3-13-25-17)23-11-15-27-19(16-23)18-7-4-14-26-18;/h3,6,13,18-19H,2,4-5,7-12,14-16H2,1H3,(H,21,22);1H. The molecule has 0 radical (unpaired) electrons. The molecule has 3 heterocycles. The number of ether oxygens (including phenoxy) is 3. The Bertz CT molecular complexity index is 550. The van der Waals surface area contributed by atoms with Crippen molar-refractivity contribution in [1.29, 1.82) is 0 Å². The van der Waals surface area contributed by atoms with Gasteiger partial charge < -0.3 is 28.8 Å². The number of hydrogen-bond donors (Lipinski definition) is 1. The van der Waals surface area contributed by atoms with Gasteiger partial charge in [-0.1, -0.05) is 0 Å². The van der Waals surface area contributed by atoms with Crippen molar-refractivity contribution >= 4 is 29.9 Å². The fourth-order valence-electron chi connectivity index (χ4n) is 3.50. The first kappa shape index (κ1) is 23.4. The van der Waals surface area contributed by atoms with Crippen LogP contribution in [-0.2, 0) is 20.6 Å². The molecule has 0 amide bonds. The molecule has 0 spiro atoms. The number of hydrogen-bond acceptors (Lipinski definition) is 5. The van der Waals surface area contributed by atoms with Gasteiger partial charge in [0.15, 0.2) is 5.96 Å². The zero-order chi connectivity index (χ0) is 18.7. The lowest BCUT2D eigenvalue weighted by molar-refractivity contribution is -0.0817. The fourth-order valence-corrected chi connectivity index (χ4v) is 3.50. The van der Waals surface area contributed by atoms with Gasteiger partial charge in [-0.25, -0.2) is 0 Å². The summed E-state index contributed by atoms with van der Waals surface area (Å²) in [6.07, 6.45) is 6.04. The van der Waals surface area contributed by atoms with Gasteiger partial charge in [0.25, 0.3) is 0 Å². The second-order valence-corrected chi connectivity index (χ2v) is 6.92. The van der Waals surface area contributed by atoms with Crippen LogP contribution in [0.2, 0.25) is 0 Å². The van der Waals surface area contributed by atoms with E-state index in [-0.39, 0.29) is 36.2 Å². The van der Waals surface area contributed by atoms with E-state index in [0.29, 0.717) is 6.61 Å². The van der Waals surface area contributed by atoms with Gasteiger partial charge >= 0.3 is 0 Å². The summed E-state index contributed by atoms with van der Waals surface area (Å²) in [6.45, 7) is 8.30. The first-order valence-corrected chi connectivity index (χ1v) is 10.2. The molecule has 2 saturated heterocycles. The maximum absolute atomic E-state index is 5.98. The molecule has 0 bridgehead atoms. The number of guanidine groups is 1. The molecule has 28 heavy (non-hydrogen) atoms. The van der Waals surface area contributed by atoms with Crippen molar-refractivity contribution in [2.45, 2.75) is 44.8 Å². The van der Waals surface area contributed by atoms with E-state index in [2.05, 4.69) is 10.2 Å². The average Bonchev–Trinajstić information content (AvgIpc) is 3.40. The summed E-state index contributed by atoms with van der Waals surface area (Å²) in [5, 5.41) is 3.51. The van der Waals surface area contributed by atoms with Crippen LogP contribution in [0.15, 0.2) is 27.8 Å². The highest BCUT2D eigenvalue weighted by Gasteiger charge is 2.32. The zero-order valence-corrected chi connectivity index (χ0v) is 19.1. The monoisotopic (exact) mass is 507 g/mol. The van der Waals surface area contributed by atoms with Crippen molar-refractivity contribution in [2.75, 3.05) is 52.6 Å². The van der Waals surface area contributed by atoms with E-state index in [1.807, 2.05) is 19.1 Å². The molecule has 1 N–H and O–H groups in total. The van der Waals surface area contributed by atoms with Crippen molar-refractivity contribution in [1.82, 2.24) is 10.2 Å². The van der Waals surface area contributed by atoms with E-state index in [9.17, 15) is 0 Å². The van der Waals surface area contributed by atoms with E-state index in [4.69, 9.17) is 23.6 Å². The molecule has 2 unspecified atom stereocenters. The van der Waals surface area contributed by atoms with Crippen molar-refractivity contribution < 1.29 is 18.6 Å². The highest BCUT2D eigenvalue weighted by Crippen LogP contribution is 2.21. The summed E-state index contributed by atoms with van der Waals surface area (Å²) in [5.41, 5.74) is 0. The normalized spacial score (nSPS) is 22.9. The second kappa shape index (κ2) is 13.4. The van der Waals surface area contributed by atoms with Crippen molar-refractivity contribution in [3.8, 4) is 0 Å². The van der Waals surface area contributed by atoms with Gasteiger partial charge in [-0.05, 0) is 38.3 Å². The molecule has 160 valence electrons. The van der Waals surface area contributed by atoms with Gasteiger partial charge in [0.05, 0.1) is 19.0 Å². The molecule has 2 aliphatic heterocycles. The number of nitrogens with one attached hydrogen (secondary N) is 1. The van der Waals surface area contributed by atoms with Crippen LogP contribution in [0, 0.1) is 0 Å². The molecule has 1 aromatic rings. The lowest BCUT2D eigenvalue weighted by Gasteiger charge is -2.37. The van der Waals surface area contributed by atoms with Crippen LogP contribution < -0.4 is 5.32 Å². The maximum atomic E-state index is 5.98. The van der Waals surface area contributed by atoms with Crippen LogP contribution in [0.5, 0.6) is 0 Å². The van der Waals surface area contributed by atoms with Gasteiger partial charge in [-0.15, -0.1) is 24.0 Å². The first-order chi connectivity index (χ1) is 13.4. The molecule has 1 aromatic heterocycles. The zero-order valence-electron chi connectivity index (χ0n) is 16.8.